The Hall–Kier alpha value is -1.45. The van der Waals surface area contributed by atoms with Gasteiger partial charge in [-0.25, -0.2) is 0 Å². The number of hydrogen-bond donors (Lipinski definition) is 1. The van der Waals surface area contributed by atoms with Gasteiger partial charge in [0, 0.05) is 19.6 Å². The van der Waals surface area contributed by atoms with Crippen LogP contribution < -0.4 is 5.32 Å². The van der Waals surface area contributed by atoms with Crippen LogP contribution in [0.5, 0.6) is 0 Å². The Morgan fingerprint density at radius 3 is 2.95 bits per heavy atom. The van der Waals surface area contributed by atoms with Gasteiger partial charge >= 0.3 is 0 Å². The van der Waals surface area contributed by atoms with Gasteiger partial charge in [-0.15, -0.1) is 0 Å². The summed E-state index contributed by atoms with van der Waals surface area (Å²) in [6.45, 7) is 2.78. The molecule has 1 N–H and O–H groups in total. The van der Waals surface area contributed by atoms with E-state index in [0.717, 1.165) is 45.3 Å². The highest BCUT2D eigenvalue weighted by Gasteiger charge is 2.42. The Morgan fingerprint density at radius 2 is 2.26 bits per heavy atom. The van der Waals surface area contributed by atoms with Gasteiger partial charge in [-0.2, -0.15) is 10.2 Å². The fourth-order valence-electron chi connectivity index (χ4n) is 3.01. The zero-order valence-corrected chi connectivity index (χ0v) is 11.2. The molecule has 2 heterocycles. The van der Waals surface area contributed by atoms with Crippen LogP contribution in [0.1, 0.15) is 43.4 Å². The third kappa shape index (κ3) is 2.13. The van der Waals surface area contributed by atoms with E-state index in [-0.39, 0.29) is 6.04 Å². The average molecular weight is 261 g/mol. The van der Waals surface area contributed by atoms with Crippen LogP contribution in [0.25, 0.3) is 0 Å². The molecule has 6 heteroatoms. The maximum Gasteiger partial charge on any atom is 0.247 e. The van der Waals surface area contributed by atoms with E-state index in [9.17, 15) is 5.26 Å². The number of nitrogens with one attached hydrogen (secondary N) is 1. The SMILES string of the molecule is CN1CCNCC1c1noc(C2(C#N)CCCC2)n1. The maximum absolute atomic E-state index is 9.44. The topological polar surface area (TPSA) is 78.0 Å². The minimum atomic E-state index is -0.536. The number of likely N-dealkylation sites (N-methyl/N-ethyl adjacent to an activating group) is 1. The lowest BCUT2D eigenvalue weighted by Crippen LogP contribution is -2.44. The van der Waals surface area contributed by atoms with Gasteiger partial charge in [0.15, 0.2) is 5.82 Å². The van der Waals surface area contributed by atoms with Gasteiger partial charge in [0.1, 0.15) is 5.41 Å². The summed E-state index contributed by atoms with van der Waals surface area (Å²) in [5.41, 5.74) is -0.536. The van der Waals surface area contributed by atoms with Gasteiger partial charge in [0.2, 0.25) is 5.89 Å². The van der Waals surface area contributed by atoms with E-state index >= 15 is 0 Å². The number of piperazine rings is 1. The summed E-state index contributed by atoms with van der Waals surface area (Å²) in [4.78, 5) is 6.75. The van der Waals surface area contributed by atoms with Crippen molar-refractivity contribution in [2.24, 2.45) is 0 Å². The van der Waals surface area contributed by atoms with E-state index in [1.165, 1.54) is 0 Å². The molecule has 102 valence electrons. The normalized spacial score (nSPS) is 27.3. The summed E-state index contributed by atoms with van der Waals surface area (Å²) in [5.74, 6) is 1.22. The van der Waals surface area contributed by atoms with Crippen molar-refractivity contribution in [3.63, 3.8) is 0 Å². The van der Waals surface area contributed by atoms with Crippen molar-refractivity contribution < 1.29 is 4.52 Å². The lowest BCUT2D eigenvalue weighted by atomic mass is 9.88. The minimum absolute atomic E-state index is 0.142. The molecule has 19 heavy (non-hydrogen) atoms. The van der Waals surface area contributed by atoms with Crippen molar-refractivity contribution in [1.82, 2.24) is 20.4 Å². The van der Waals surface area contributed by atoms with E-state index in [1.807, 2.05) is 0 Å². The maximum atomic E-state index is 9.44. The molecule has 1 aromatic rings. The van der Waals surface area contributed by atoms with Crippen LogP contribution >= 0.6 is 0 Å². The molecule has 2 aliphatic rings. The van der Waals surface area contributed by atoms with Crippen molar-refractivity contribution in [3.05, 3.63) is 11.7 Å². The molecule has 3 rings (SSSR count). The molecule has 1 aliphatic heterocycles. The first-order valence-electron chi connectivity index (χ1n) is 6.91. The van der Waals surface area contributed by atoms with Crippen LogP contribution in [0, 0.1) is 11.3 Å². The second-order valence-corrected chi connectivity index (χ2v) is 5.56. The van der Waals surface area contributed by atoms with Crippen LogP contribution in [0.2, 0.25) is 0 Å². The highest BCUT2D eigenvalue weighted by molar-refractivity contribution is 5.20. The van der Waals surface area contributed by atoms with Gasteiger partial charge in [0.05, 0.1) is 12.1 Å². The molecule has 0 aromatic carbocycles. The van der Waals surface area contributed by atoms with E-state index in [4.69, 9.17) is 4.52 Å². The second-order valence-electron chi connectivity index (χ2n) is 5.56. The number of rotatable bonds is 2. The van der Waals surface area contributed by atoms with Crippen LogP contribution in [-0.4, -0.2) is 41.7 Å². The molecular weight excluding hydrogens is 242 g/mol. The number of nitriles is 1. The van der Waals surface area contributed by atoms with Gasteiger partial charge < -0.3 is 9.84 Å². The first kappa shape index (κ1) is 12.6. The molecule has 1 saturated carbocycles. The molecule has 1 aliphatic carbocycles. The molecule has 0 amide bonds. The smallest absolute Gasteiger partial charge is 0.247 e. The molecule has 1 atom stereocenters. The van der Waals surface area contributed by atoms with Gasteiger partial charge in [-0.05, 0) is 19.9 Å². The summed E-state index contributed by atoms with van der Waals surface area (Å²) in [6.07, 6.45) is 3.81. The van der Waals surface area contributed by atoms with Crippen molar-refractivity contribution in [2.75, 3.05) is 26.7 Å². The van der Waals surface area contributed by atoms with Crippen LogP contribution in [-0.2, 0) is 5.41 Å². The van der Waals surface area contributed by atoms with E-state index in [0.29, 0.717) is 11.7 Å². The van der Waals surface area contributed by atoms with E-state index < -0.39 is 5.41 Å². The Labute approximate surface area is 112 Å². The fourth-order valence-corrected chi connectivity index (χ4v) is 3.01. The first-order chi connectivity index (χ1) is 9.25. The second kappa shape index (κ2) is 4.91. The zero-order chi connectivity index (χ0) is 13.3. The minimum Gasteiger partial charge on any atom is -0.338 e. The lowest BCUT2D eigenvalue weighted by molar-refractivity contribution is 0.190. The molecule has 0 spiro atoms. The predicted molar refractivity (Wildman–Crippen MR) is 68.3 cm³/mol. The molecule has 0 radical (unpaired) electrons. The highest BCUT2D eigenvalue weighted by atomic mass is 16.5. The highest BCUT2D eigenvalue weighted by Crippen LogP contribution is 2.40. The summed E-state index contributed by atoms with van der Waals surface area (Å²) in [6, 6.07) is 2.54. The van der Waals surface area contributed by atoms with Crippen molar-refractivity contribution in [1.29, 1.82) is 5.26 Å². The van der Waals surface area contributed by atoms with Gasteiger partial charge in [-0.3, -0.25) is 4.90 Å². The molecule has 0 bridgehead atoms. The fraction of sp³-hybridized carbons (Fsp3) is 0.769. The van der Waals surface area contributed by atoms with Crippen LogP contribution in [0.3, 0.4) is 0 Å². The summed E-state index contributed by atoms with van der Waals surface area (Å²) >= 11 is 0. The standard InChI is InChI=1S/C13H19N5O/c1-18-7-6-15-8-10(18)11-16-12(19-17-11)13(9-14)4-2-3-5-13/h10,15H,2-8H2,1H3. The summed E-state index contributed by atoms with van der Waals surface area (Å²) < 4.78 is 5.41. The van der Waals surface area contributed by atoms with Gasteiger partial charge in [-0.1, -0.05) is 18.0 Å². The Balaban J connectivity index is 1.85. The predicted octanol–water partition coefficient (Wildman–Crippen LogP) is 0.981. The first-order valence-corrected chi connectivity index (χ1v) is 6.91. The monoisotopic (exact) mass is 261 g/mol. The average Bonchev–Trinajstić information content (AvgIpc) is 3.09. The molecular formula is C13H19N5O. The number of hydrogen-bond acceptors (Lipinski definition) is 6. The van der Waals surface area contributed by atoms with Crippen LogP contribution in [0.15, 0.2) is 4.52 Å². The molecule has 1 aromatic heterocycles. The van der Waals surface area contributed by atoms with Gasteiger partial charge in [0.25, 0.3) is 0 Å². The molecule has 2 fully saturated rings. The van der Waals surface area contributed by atoms with Crippen LogP contribution in [0.4, 0.5) is 0 Å². The van der Waals surface area contributed by atoms with E-state index in [2.05, 4.69) is 33.5 Å². The number of nitrogens with zero attached hydrogens (tertiary/aromatic N) is 4. The third-order valence-corrected chi connectivity index (χ3v) is 4.33. The van der Waals surface area contributed by atoms with Crippen molar-refractivity contribution in [3.8, 4) is 6.07 Å². The molecule has 6 nitrogen and oxygen atoms in total. The van der Waals surface area contributed by atoms with Crippen molar-refractivity contribution in [2.45, 2.75) is 37.1 Å². The Bertz CT molecular complexity index is 485. The Morgan fingerprint density at radius 1 is 1.47 bits per heavy atom. The molecule has 1 unspecified atom stereocenters. The third-order valence-electron chi connectivity index (χ3n) is 4.33. The molecule has 1 saturated heterocycles. The number of aromatic nitrogens is 2. The summed E-state index contributed by atoms with van der Waals surface area (Å²) in [5, 5.41) is 16.9. The lowest BCUT2D eigenvalue weighted by Gasteiger charge is -2.30. The quantitative estimate of drug-likeness (QED) is 0.855. The largest absolute Gasteiger partial charge is 0.338 e. The van der Waals surface area contributed by atoms with E-state index in [1.54, 1.807) is 0 Å². The summed E-state index contributed by atoms with van der Waals surface area (Å²) in [7, 11) is 2.07. The zero-order valence-electron chi connectivity index (χ0n) is 11.2. The van der Waals surface area contributed by atoms with Crippen molar-refractivity contribution >= 4 is 0 Å². The Kier molecular flexibility index (Phi) is 3.25.